The third kappa shape index (κ3) is 3.74. The standard InChI is InChI=1S/C10H14ClNO.ClH/c1-7(2)13-10-4-3-8(6-12)5-9(10)11;/h3-5,7H,6,12H2,1-2H3;1H. The molecule has 4 heteroatoms. The van der Waals surface area contributed by atoms with Gasteiger partial charge in [0.15, 0.2) is 0 Å². The van der Waals surface area contributed by atoms with Gasteiger partial charge in [0.25, 0.3) is 0 Å². The van der Waals surface area contributed by atoms with Crippen LogP contribution in [-0.4, -0.2) is 6.10 Å². The first-order chi connectivity index (χ1) is 6.13. The van der Waals surface area contributed by atoms with Gasteiger partial charge in [-0.15, -0.1) is 12.4 Å². The third-order valence-electron chi connectivity index (χ3n) is 1.59. The highest BCUT2D eigenvalue weighted by Crippen LogP contribution is 2.26. The Morgan fingerprint density at radius 1 is 1.43 bits per heavy atom. The molecule has 1 rings (SSSR count). The first kappa shape index (κ1) is 13.6. The Morgan fingerprint density at radius 2 is 2.07 bits per heavy atom. The second kappa shape index (κ2) is 6.12. The summed E-state index contributed by atoms with van der Waals surface area (Å²) in [5.74, 6) is 0.717. The lowest BCUT2D eigenvalue weighted by Gasteiger charge is -2.11. The Kier molecular flexibility index (Phi) is 5.93. The lowest BCUT2D eigenvalue weighted by molar-refractivity contribution is 0.242. The summed E-state index contributed by atoms with van der Waals surface area (Å²) in [7, 11) is 0. The van der Waals surface area contributed by atoms with Gasteiger partial charge in [-0.25, -0.2) is 0 Å². The van der Waals surface area contributed by atoms with Crippen LogP contribution in [0, 0.1) is 0 Å². The molecular formula is C10H15Cl2NO. The molecule has 0 radical (unpaired) electrons. The van der Waals surface area contributed by atoms with Crippen molar-refractivity contribution in [3.63, 3.8) is 0 Å². The molecule has 0 amide bonds. The molecule has 0 heterocycles. The van der Waals surface area contributed by atoms with Crippen LogP contribution in [-0.2, 0) is 6.54 Å². The summed E-state index contributed by atoms with van der Waals surface area (Å²) in [5, 5.41) is 0.622. The molecule has 0 aromatic heterocycles. The van der Waals surface area contributed by atoms with Gasteiger partial charge < -0.3 is 10.5 Å². The first-order valence-electron chi connectivity index (χ1n) is 4.28. The van der Waals surface area contributed by atoms with Gasteiger partial charge in [0.05, 0.1) is 11.1 Å². The zero-order valence-electron chi connectivity index (χ0n) is 8.29. The number of ether oxygens (including phenoxy) is 1. The number of nitrogens with two attached hydrogens (primary N) is 1. The van der Waals surface area contributed by atoms with Gasteiger partial charge >= 0.3 is 0 Å². The first-order valence-corrected chi connectivity index (χ1v) is 4.66. The van der Waals surface area contributed by atoms with Crippen LogP contribution in [0.5, 0.6) is 5.75 Å². The lowest BCUT2D eigenvalue weighted by atomic mass is 10.2. The summed E-state index contributed by atoms with van der Waals surface area (Å²) < 4.78 is 5.47. The van der Waals surface area contributed by atoms with Crippen molar-refractivity contribution in [2.45, 2.75) is 26.5 Å². The summed E-state index contributed by atoms with van der Waals surface area (Å²) in [6.07, 6.45) is 0.140. The molecule has 0 aliphatic heterocycles. The number of hydrogen-bond donors (Lipinski definition) is 1. The maximum absolute atomic E-state index is 5.97. The van der Waals surface area contributed by atoms with E-state index in [0.717, 1.165) is 5.56 Å². The summed E-state index contributed by atoms with van der Waals surface area (Å²) >= 11 is 5.97. The number of benzene rings is 1. The minimum atomic E-state index is 0. The molecule has 0 aliphatic rings. The maximum atomic E-state index is 5.97. The van der Waals surface area contributed by atoms with E-state index in [4.69, 9.17) is 22.1 Å². The van der Waals surface area contributed by atoms with Crippen LogP contribution in [0.2, 0.25) is 5.02 Å². The van der Waals surface area contributed by atoms with E-state index in [1.54, 1.807) is 0 Å². The summed E-state index contributed by atoms with van der Waals surface area (Å²) in [6, 6.07) is 5.60. The van der Waals surface area contributed by atoms with E-state index in [9.17, 15) is 0 Å². The van der Waals surface area contributed by atoms with Crippen LogP contribution in [0.15, 0.2) is 18.2 Å². The molecule has 0 fully saturated rings. The Labute approximate surface area is 95.8 Å². The molecule has 1 aromatic rings. The normalized spacial score (nSPS) is 9.79. The van der Waals surface area contributed by atoms with Gasteiger partial charge in [-0.05, 0) is 31.5 Å². The SMILES string of the molecule is CC(C)Oc1ccc(CN)cc1Cl.Cl. The predicted molar refractivity (Wildman–Crippen MR) is 62.4 cm³/mol. The molecule has 0 bridgehead atoms. The van der Waals surface area contributed by atoms with E-state index in [1.165, 1.54) is 0 Å². The number of hydrogen-bond acceptors (Lipinski definition) is 2. The van der Waals surface area contributed by atoms with Gasteiger partial charge in [0, 0.05) is 6.54 Å². The van der Waals surface area contributed by atoms with Crippen LogP contribution in [0.1, 0.15) is 19.4 Å². The quantitative estimate of drug-likeness (QED) is 0.875. The molecule has 14 heavy (non-hydrogen) atoms. The molecule has 0 aliphatic carbocycles. The number of rotatable bonds is 3. The second-order valence-electron chi connectivity index (χ2n) is 3.14. The molecule has 2 N–H and O–H groups in total. The number of halogens is 2. The van der Waals surface area contributed by atoms with E-state index in [-0.39, 0.29) is 18.5 Å². The highest BCUT2D eigenvalue weighted by atomic mass is 35.5. The molecule has 0 saturated heterocycles. The van der Waals surface area contributed by atoms with Gasteiger partial charge in [0.1, 0.15) is 5.75 Å². The van der Waals surface area contributed by atoms with Crippen LogP contribution >= 0.6 is 24.0 Å². The third-order valence-corrected chi connectivity index (χ3v) is 1.89. The summed E-state index contributed by atoms with van der Waals surface area (Å²) in [6.45, 7) is 4.43. The van der Waals surface area contributed by atoms with Crippen molar-refractivity contribution < 1.29 is 4.74 Å². The van der Waals surface area contributed by atoms with Crippen LogP contribution < -0.4 is 10.5 Å². The largest absolute Gasteiger partial charge is 0.489 e. The fourth-order valence-corrected chi connectivity index (χ4v) is 1.27. The van der Waals surface area contributed by atoms with Crippen LogP contribution in [0.3, 0.4) is 0 Å². The van der Waals surface area contributed by atoms with Crippen molar-refractivity contribution >= 4 is 24.0 Å². The van der Waals surface area contributed by atoms with E-state index < -0.39 is 0 Å². The van der Waals surface area contributed by atoms with E-state index in [0.29, 0.717) is 17.3 Å². The molecule has 0 spiro atoms. The minimum Gasteiger partial charge on any atom is -0.489 e. The van der Waals surface area contributed by atoms with Crippen molar-refractivity contribution in [2.75, 3.05) is 0 Å². The molecular weight excluding hydrogens is 221 g/mol. The monoisotopic (exact) mass is 235 g/mol. The molecule has 80 valence electrons. The summed E-state index contributed by atoms with van der Waals surface area (Å²) in [4.78, 5) is 0. The van der Waals surface area contributed by atoms with Crippen LogP contribution in [0.25, 0.3) is 0 Å². The molecule has 0 atom stereocenters. The Balaban J connectivity index is 0.00000169. The van der Waals surface area contributed by atoms with Gasteiger partial charge in [-0.3, -0.25) is 0 Å². The zero-order valence-corrected chi connectivity index (χ0v) is 9.86. The van der Waals surface area contributed by atoms with Gasteiger partial charge in [-0.2, -0.15) is 0 Å². The lowest BCUT2D eigenvalue weighted by Crippen LogP contribution is -2.06. The maximum Gasteiger partial charge on any atom is 0.138 e. The van der Waals surface area contributed by atoms with Crippen molar-refractivity contribution in [1.29, 1.82) is 0 Å². The smallest absolute Gasteiger partial charge is 0.138 e. The molecule has 0 saturated carbocycles. The van der Waals surface area contributed by atoms with E-state index in [2.05, 4.69) is 0 Å². The van der Waals surface area contributed by atoms with Crippen molar-refractivity contribution in [2.24, 2.45) is 5.73 Å². The molecule has 0 unspecified atom stereocenters. The van der Waals surface area contributed by atoms with Crippen molar-refractivity contribution in [3.05, 3.63) is 28.8 Å². The topological polar surface area (TPSA) is 35.2 Å². The highest BCUT2D eigenvalue weighted by molar-refractivity contribution is 6.32. The van der Waals surface area contributed by atoms with Gasteiger partial charge in [-0.1, -0.05) is 17.7 Å². The Bertz CT molecular complexity index is 289. The van der Waals surface area contributed by atoms with E-state index >= 15 is 0 Å². The fraction of sp³-hybridized carbons (Fsp3) is 0.400. The second-order valence-corrected chi connectivity index (χ2v) is 3.54. The highest BCUT2D eigenvalue weighted by Gasteiger charge is 2.03. The minimum absolute atomic E-state index is 0. The average molecular weight is 236 g/mol. The average Bonchev–Trinajstić information content (AvgIpc) is 2.08. The van der Waals surface area contributed by atoms with Crippen LogP contribution in [0.4, 0.5) is 0 Å². The molecule has 1 aromatic carbocycles. The fourth-order valence-electron chi connectivity index (χ4n) is 1.02. The van der Waals surface area contributed by atoms with E-state index in [1.807, 2.05) is 32.0 Å². The summed E-state index contributed by atoms with van der Waals surface area (Å²) in [5.41, 5.74) is 6.49. The molecule has 2 nitrogen and oxygen atoms in total. The van der Waals surface area contributed by atoms with Crippen molar-refractivity contribution in [3.8, 4) is 5.75 Å². The Morgan fingerprint density at radius 3 is 2.50 bits per heavy atom. The van der Waals surface area contributed by atoms with Gasteiger partial charge in [0.2, 0.25) is 0 Å². The predicted octanol–water partition coefficient (Wildman–Crippen LogP) is 3.01. The van der Waals surface area contributed by atoms with Crippen molar-refractivity contribution in [1.82, 2.24) is 0 Å². The zero-order chi connectivity index (χ0) is 9.84. The Hall–Kier alpha value is -0.440.